The fraction of sp³-hybridized carbons (Fsp3) is 0.800. The molecule has 2 heterocycles. The number of amides is 1. The maximum absolute atomic E-state index is 12.0. The van der Waals surface area contributed by atoms with E-state index in [4.69, 9.17) is 0 Å². The van der Waals surface area contributed by atoms with Crippen molar-refractivity contribution >= 4 is 22.6 Å². The lowest BCUT2D eigenvalue weighted by molar-refractivity contribution is -0.137. The van der Waals surface area contributed by atoms with Crippen molar-refractivity contribution in [1.29, 1.82) is 0 Å². The molecule has 1 aliphatic carbocycles. The molecule has 1 aromatic heterocycles. The number of aryl methyl sites for hydroxylation is 1. The van der Waals surface area contributed by atoms with E-state index in [0.29, 0.717) is 0 Å². The van der Waals surface area contributed by atoms with Crippen LogP contribution in [0.5, 0.6) is 0 Å². The molecular formula is C15H24N4OS. The Hall–Kier alpha value is -1.17. The van der Waals surface area contributed by atoms with Gasteiger partial charge in [-0.3, -0.25) is 4.79 Å². The van der Waals surface area contributed by atoms with Gasteiger partial charge in [0.05, 0.1) is 5.54 Å². The number of hydrogen-bond donors (Lipinski definition) is 0. The number of rotatable bonds is 2. The van der Waals surface area contributed by atoms with Crippen LogP contribution in [-0.2, 0) is 11.2 Å². The predicted molar refractivity (Wildman–Crippen MR) is 84.7 cm³/mol. The molecule has 116 valence electrons. The zero-order chi connectivity index (χ0) is 14.9. The number of anilines is 1. The van der Waals surface area contributed by atoms with Gasteiger partial charge in [-0.2, -0.15) is 4.37 Å². The minimum atomic E-state index is 0.0282. The van der Waals surface area contributed by atoms with E-state index in [1.807, 2.05) is 0 Å². The number of aromatic nitrogens is 2. The van der Waals surface area contributed by atoms with Crippen LogP contribution in [0.3, 0.4) is 0 Å². The summed E-state index contributed by atoms with van der Waals surface area (Å²) in [6, 6.07) is 0. The highest BCUT2D eigenvalue weighted by atomic mass is 32.1. The summed E-state index contributed by atoms with van der Waals surface area (Å²) in [7, 11) is 0. The normalized spacial score (nSPS) is 21.8. The van der Waals surface area contributed by atoms with Crippen LogP contribution in [0.15, 0.2) is 0 Å². The Morgan fingerprint density at radius 1 is 1.29 bits per heavy atom. The highest BCUT2D eigenvalue weighted by Gasteiger charge is 2.44. The number of nitrogens with zero attached hydrogens (tertiary/aromatic N) is 4. The van der Waals surface area contributed by atoms with Crippen molar-refractivity contribution in [3.05, 3.63) is 5.82 Å². The topological polar surface area (TPSA) is 49.3 Å². The standard InChI is InChI=1S/C15H24N4OS/c1-3-13-16-14(21-17-13)18-9-10-19(12(2)20)15(11-18)7-5-4-6-8-15/h3-11H2,1-2H3. The van der Waals surface area contributed by atoms with Crippen LogP contribution in [0, 0.1) is 0 Å². The molecule has 0 radical (unpaired) electrons. The van der Waals surface area contributed by atoms with E-state index in [0.717, 1.165) is 49.9 Å². The molecule has 1 aliphatic heterocycles. The summed E-state index contributed by atoms with van der Waals surface area (Å²) in [5.74, 6) is 1.16. The summed E-state index contributed by atoms with van der Waals surface area (Å²) in [5, 5.41) is 1.03. The quantitative estimate of drug-likeness (QED) is 0.842. The second kappa shape index (κ2) is 5.91. The fourth-order valence-corrected chi connectivity index (χ4v) is 4.56. The maximum atomic E-state index is 12.0. The zero-order valence-corrected chi connectivity index (χ0v) is 13.8. The lowest BCUT2D eigenvalue weighted by Crippen LogP contribution is -2.64. The van der Waals surface area contributed by atoms with Crippen LogP contribution in [0.25, 0.3) is 0 Å². The molecule has 2 aliphatic rings. The average molecular weight is 308 g/mol. The summed E-state index contributed by atoms with van der Waals surface area (Å²) >= 11 is 1.50. The van der Waals surface area contributed by atoms with Crippen LogP contribution < -0.4 is 4.90 Å². The van der Waals surface area contributed by atoms with Crippen LogP contribution >= 0.6 is 11.5 Å². The van der Waals surface area contributed by atoms with Gasteiger partial charge in [0.25, 0.3) is 0 Å². The van der Waals surface area contributed by atoms with E-state index in [1.165, 1.54) is 30.8 Å². The van der Waals surface area contributed by atoms with Gasteiger partial charge in [0.2, 0.25) is 11.0 Å². The van der Waals surface area contributed by atoms with Gasteiger partial charge in [-0.15, -0.1) is 0 Å². The fourth-order valence-electron chi connectivity index (χ4n) is 3.79. The molecule has 0 atom stereocenters. The lowest BCUT2D eigenvalue weighted by atomic mass is 9.78. The molecule has 0 N–H and O–H groups in total. The largest absolute Gasteiger partial charge is 0.343 e. The molecule has 0 bridgehead atoms. The van der Waals surface area contributed by atoms with Crippen molar-refractivity contribution in [2.45, 2.75) is 57.9 Å². The van der Waals surface area contributed by atoms with E-state index in [1.54, 1.807) is 6.92 Å². The third-order valence-corrected chi connectivity index (χ3v) is 5.67. The van der Waals surface area contributed by atoms with Gasteiger partial charge in [-0.25, -0.2) is 4.98 Å². The third-order valence-electron chi connectivity index (χ3n) is 4.86. The van der Waals surface area contributed by atoms with E-state index < -0.39 is 0 Å². The van der Waals surface area contributed by atoms with Crippen LogP contribution in [0.1, 0.15) is 51.8 Å². The first-order chi connectivity index (χ1) is 10.1. The molecule has 1 saturated carbocycles. The summed E-state index contributed by atoms with van der Waals surface area (Å²) in [4.78, 5) is 21.2. The molecule has 1 aromatic rings. The van der Waals surface area contributed by atoms with Gasteiger partial charge in [0.15, 0.2) is 0 Å². The molecule has 5 nitrogen and oxygen atoms in total. The monoisotopic (exact) mass is 308 g/mol. The van der Waals surface area contributed by atoms with Crippen molar-refractivity contribution in [3.63, 3.8) is 0 Å². The number of carbonyl (C=O) groups excluding carboxylic acids is 1. The Morgan fingerprint density at radius 3 is 2.67 bits per heavy atom. The Bertz CT molecular complexity index is 510. The number of hydrogen-bond acceptors (Lipinski definition) is 5. The summed E-state index contributed by atoms with van der Waals surface area (Å²) in [5.41, 5.74) is 0.0282. The molecule has 2 fully saturated rings. The molecule has 21 heavy (non-hydrogen) atoms. The summed E-state index contributed by atoms with van der Waals surface area (Å²) < 4.78 is 4.41. The SMILES string of the molecule is CCc1nsc(N2CCN(C(C)=O)C3(CCCCC3)C2)n1. The Kier molecular flexibility index (Phi) is 4.15. The van der Waals surface area contributed by atoms with E-state index in [2.05, 4.69) is 26.1 Å². The van der Waals surface area contributed by atoms with Gasteiger partial charge in [-0.05, 0) is 12.8 Å². The van der Waals surface area contributed by atoms with Gasteiger partial charge in [0.1, 0.15) is 5.82 Å². The Morgan fingerprint density at radius 2 is 2.05 bits per heavy atom. The minimum absolute atomic E-state index is 0.0282. The van der Waals surface area contributed by atoms with Gasteiger partial charge >= 0.3 is 0 Å². The van der Waals surface area contributed by atoms with Crippen molar-refractivity contribution in [2.24, 2.45) is 0 Å². The molecule has 1 saturated heterocycles. The molecular weight excluding hydrogens is 284 g/mol. The maximum Gasteiger partial charge on any atom is 0.220 e. The predicted octanol–water partition coefficient (Wildman–Crippen LogP) is 2.47. The number of carbonyl (C=O) groups is 1. The van der Waals surface area contributed by atoms with E-state index >= 15 is 0 Å². The van der Waals surface area contributed by atoms with Gasteiger partial charge < -0.3 is 9.80 Å². The second-order valence-electron chi connectivity index (χ2n) is 6.22. The molecule has 0 aromatic carbocycles. The van der Waals surface area contributed by atoms with Gasteiger partial charge in [0, 0.05) is 44.5 Å². The first kappa shape index (κ1) is 14.8. The second-order valence-corrected chi connectivity index (χ2v) is 6.95. The Labute approximate surface area is 130 Å². The molecule has 6 heteroatoms. The summed E-state index contributed by atoms with van der Waals surface area (Å²) in [6.07, 6.45) is 6.90. The Balaban J connectivity index is 1.82. The van der Waals surface area contributed by atoms with Crippen molar-refractivity contribution in [3.8, 4) is 0 Å². The summed E-state index contributed by atoms with van der Waals surface area (Å²) in [6.45, 7) is 6.41. The van der Waals surface area contributed by atoms with Crippen molar-refractivity contribution < 1.29 is 4.79 Å². The molecule has 1 spiro atoms. The average Bonchev–Trinajstić information content (AvgIpc) is 2.96. The van der Waals surface area contributed by atoms with Crippen LogP contribution in [-0.4, -0.2) is 45.3 Å². The molecule has 1 amide bonds. The van der Waals surface area contributed by atoms with Crippen LogP contribution in [0.2, 0.25) is 0 Å². The number of piperazine rings is 1. The highest BCUT2D eigenvalue weighted by molar-refractivity contribution is 7.09. The highest BCUT2D eigenvalue weighted by Crippen LogP contribution is 2.38. The van der Waals surface area contributed by atoms with Crippen molar-refractivity contribution in [2.75, 3.05) is 24.5 Å². The molecule has 3 rings (SSSR count). The molecule has 0 unspecified atom stereocenters. The van der Waals surface area contributed by atoms with E-state index in [9.17, 15) is 4.79 Å². The first-order valence-corrected chi connectivity index (χ1v) is 8.78. The van der Waals surface area contributed by atoms with Gasteiger partial charge in [-0.1, -0.05) is 26.2 Å². The smallest absolute Gasteiger partial charge is 0.220 e. The first-order valence-electron chi connectivity index (χ1n) is 8.00. The van der Waals surface area contributed by atoms with Crippen LogP contribution in [0.4, 0.5) is 5.13 Å². The zero-order valence-electron chi connectivity index (χ0n) is 13.0. The third kappa shape index (κ3) is 2.78. The van der Waals surface area contributed by atoms with Crippen molar-refractivity contribution in [1.82, 2.24) is 14.3 Å². The van der Waals surface area contributed by atoms with E-state index in [-0.39, 0.29) is 11.4 Å². The minimum Gasteiger partial charge on any atom is -0.343 e. The lowest BCUT2D eigenvalue weighted by Gasteiger charge is -2.52.